The molecule has 0 amide bonds. The van der Waals surface area contributed by atoms with Gasteiger partial charge in [-0.05, 0) is 36.8 Å². The zero-order valence-corrected chi connectivity index (χ0v) is 12.3. The first-order valence-electron chi connectivity index (χ1n) is 6.83. The fraction of sp³-hybridized carbons (Fsp3) is 0.0556. The number of hydrogen-bond acceptors (Lipinski definition) is 2. The molecule has 3 heteroatoms. The lowest BCUT2D eigenvalue weighted by Gasteiger charge is -1.96. The average Bonchev–Trinajstić information content (AvgIpc) is 3.02. The van der Waals surface area contributed by atoms with Crippen LogP contribution < -0.4 is 0 Å². The van der Waals surface area contributed by atoms with Gasteiger partial charge in [-0.25, -0.2) is 0 Å². The number of aryl methyl sites for hydroxylation is 1. The third kappa shape index (κ3) is 2.01. The van der Waals surface area contributed by atoms with Gasteiger partial charge in [-0.1, -0.05) is 36.0 Å². The number of nitrogens with one attached hydrogen (secondary N) is 1. The van der Waals surface area contributed by atoms with Crippen LogP contribution in [0.15, 0.2) is 58.5 Å². The minimum Gasteiger partial charge on any atom is -0.361 e. The van der Waals surface area contributed by atoms with Crippen LogP contribution in [0.5, 0.6) is 0 Å². The second kappa shape index (κ2) is 4.64. The number of fused-ring (bicyclic) bond motifs is 2. The topological polar surface area (TPSA) is 32.9 Å². The van der Waals surface area contributed by atoms with Gasteiger partial charge in [0.1, 0.15) is 0 Å². The van der Waals surface area contributed by atoms with Gasteiger partial charge in [0.25, 0.3) is 0 Å². The second-order valence-electron chi connectivity index (χ2n) is 5.23. The molecule has 3 aromatic rings. The van der Waals surface area contributed by atoms with E-state index in [1.165, 1.54) is 5.56 Å². The van der Waals surface area contributed by atoms with Crippen LogP contribution in [0.4, 0.5) is 0 Å². The molecule has 21 heavy (non-hydrogen) atoms. The van der Waals surface area contributed by atoms with Gasteiger partial charge >= 0.3 is 0 Å². The number of aromatic amines is 1. The summed E-state index contributed by atoms with van der Waals surface area (Å²) in [6.07, 6.45) is 3.95. The van der Waals surface area contributed by atoms with E-state index < -0.39 is 0 Å². The first-order chi connectivity index (χ1) is 10.2. The number of aromatic nitrogens is 1. The van der Waals surface area contributed by atoms with Crippen LogP contribution in [0.2, 0.25) is 0 Å². The van der Waals surface area contributed by atoms with E-state index in [1.54, 1.807) is 11.8 Å². The molecule has 1 aliphatic rings. The largest absolute Gasteiger partial charge is 0.361 e. The van der Waals surface area contributed by atoms with Gasteiger partial charge < -0.3 is 4.98 Å². The van der Waals surface area contributed by atoms with Crippen LogP contribution in [0.1, 0.15) is 21.5 Å². The predicted octanol–water partition coefficient (Wildman–Crippen LogP) is 4.81. The Morgan fingerprint density at radius 3 is 2.86 bits per heavy atom. The molecule has 0 bridgehead atoms. The fourth-order valence-electron chi connectivity index (χ4n) is 2.66. The van der Waals surface area contributed by atoms with E-state index >= 15 is 0 Å². The molecule has 0 saturated carbocycles. The Morgan fingerprint density at radius 1 is 1.14 bits per heavy atom. The third-order valence-electron chi connectivity index (χ3n) is 3.73. The maximum absolute atomic E-state index is 12.4. The number of carbonyl (C=O) groups excluding carboxylic acids is 1. The molecule has 0 aliphatic carbocycles. The molecule has 0 radical (unpaired) electrons. The van der Waals surface area contributed by atoms with Crippen LogP contribution >= 0.6 is 11.8 Å². The summed E-state index contributed by atoms with van der Waals surface area (Å²) in [7, 11) is 0. The molecule has 0 saturated heterocycles. The number of allylic oxidation sites excluding steroid dienone is 1. The zero-order chi connectivity index (χ0) is 14.4. The van der Waals surface area contributed by atoms with Crippen LogP contribution in [0, 0.1) is 6.92 Å². The molecule has 2 heterocycles. The van der Waals surface area contributed by atoms with Crippen molar-refractivity contribution in [3.05, 3.63) is 70.3 Å². The Hall–Kier alpha value is -2.26. The van der Waals surface area contributed by atoms with Gasteiger partial charge in [-0.2, -0.15) is 0 Å². The van der Waals surface area contributed by atoms with Crippen LogP contribution in [-0.4, -0.2) is 10.8 Å². The van der Waals surface area contributed by atoms with Crippen molar-refractivity contribution in [1.82, 2.24) is 4.98 Å². The van der Waals surface area contributed by atoms with E-state index in [0.29, 0.717) is 0 Å². The van der Waals surface area contributed by atoms with E-state index in [0.717, 1.165) is 31.8 Å². The Labute approximate surface area is 126 Å². The Morgan fingerprint density at radius 2 is 2.00 bits per heavy atom. The Kier molecular flexibility index (Phi) is 2.76. The molecule has 0 atom stereocenters. The highest BCUT2D eigenvalue weighted by Gasteiger charge is 2.25. The second-order valence-corrected chi connectivity index (χ2v) is 6.31. The van der Waals surface area contributed by atoms with Crippen molar-refractivity contribution in [2.75, 3.05) is 0 Å². The van der Waals surface area contributed by atoms with Crippen LogP contribution in [0.25, 0.3) is 17.0 Å². The highest BCUT2D eigenvalue weighted by atomic mass is 32.2. The summed E-state index contributed by atoms with van der Waals surface area (Å²) in [4.78, 5) is 17.5. The molecule has 1 aliphatic heterocycles. The van der Waals surface area contributed by atoms with E-state index in [2.05, 4.69) is 30.1 Å². The molecular weight excluding hydrogens is 278 g/mol. The van der Waals surface area contributed by atoms with Crippen molar-refractivity contribution in [3.63, 3.8) is 0 Å². The summed E-state index contributed by atoms with van der Waals surface area (Å²) >= 11 is 1.55. The van der Waals surface area contributed by atoms with Crippen molar-refractivity contribution in [2.24, 2.45) is 0 Å². The van der Waals surface area contributed by atoms with Crippen LogP contribution in [0.3, 0.4) is 0 Å². The summed E-state index contributed by atoms with van der Waals surface area (Å²) in [6.45, 7) is 2.07. The van der Waals surface area contributed by atoms with E-state index in [4.69, 9.17) is 0 Å². The lowest BCUT2D eigenvalue weighted by molar-refractivity contribution is 0.104. The molecule has 1 aromatic heterocycles. The van der Waals surface area contributed by atoms with E-state index in [1.807, 2.05) is 36.5 Å². The normalized spacial score (nSPS) is 15.9. The minimum atomic E-state index is 0.122. The zero-order valence-electron chi connectivity index (χ0n) is 11.5. The van der Waals surface area contributed by atoms with E-state index in [9.17, 15) is 4.79 Å². The highest BCUT2D eigenvalue weighted by molar-refractivity contribution is 8.04. The molecule has 2 aromatic carbocycles. The Balaban J connectivity index is 1.80. The van der Waals surface area contributed by atoms with Gasteiger partial charge in [-0.3, -0.25) is 4.79 Å². The molecule has 4 rings (SSSR count). The molecule has 102 valence electrons. The summed E-state index contributed by atoms with van der Waals surface area (Å²) in [6, 6.07) is 14.1. The SMILES string of the molecule is Cc1ccc2c(/C=C3\Sc4ccccc4C3=O)c[nH]c2c1. The van der Waals surface area contributed by atoms with Gasteiger partial charge in [0.15, 0.2) is 0 Å². The quantitative estimate of drug-likeness (QED) is 0.653. The monoisotopic (exact) mass is 291 g/mol. The summed E-state index contributed by atoms with van der Waals surface area (Å²) < 4.78 is 0. The first kappa shape index (κ1) is 12.5. The molecule has 0 spiro atoms. The lowest BCUT2D eigenvalue weighted by atomic mass is 10.1. The number of carbonyl (C=O) groups is 1. The van der Waals surface area contributed by atoms with Gasteiger partial charge in [-0.15, -0.1) is 0 Å². The number of rotatable bonds is 1. The minimum absolute atomic E-state index is 0.122. The maximum Gasteiger partial charge on any atom is 0.200 e. The Bertz CT molecular complexity index is 904. The number of hydrogen-bond donors (Lipinski definition) is 1. The lowest BCUT2D eigenvalue weighted by Crippen LogP contribution is -1.93. The maximum atomic E-state index is 12.4. The molecule has 0 unspecified atom stereocenters. The van der Waals surface area contributed by atoms with Gasteiger partial charge in [0, 0.05) is 33.1 Å². The third-order valence-corrected chi connectivity index (χ3v) is 4.83. The average molecular weight is 291 g/mol. The van der Waals surface area contributed by atoms with Crippen molar-refractivity contribution in [1.29, 1.82) is 0 Å². The number of ketones is 1. The summed E-state index contributed by atoms with van der Waals surface area (Å²) in [5, 5.41) is 1.15. The molecule has 0 fully saturated rings. The standard InChI is InChI=1S/C18H13NOS/c1-11-6-7-13-12(10-19-15(13)8-11)9-17-18(20)14-4-2-3-5-16(14)21-17/h2-10,19H,1H3/b17-9-. The van der Waals surface area contributed by atoms with E-state index in [-0.39, 0.29) is 5.78 Å². The van der Waals surface area contributed by atoms with Crippen molar-refractivity contribution in [3.8, 4) is 0 Å². The molecule has 1 N–H and O–H groups in total. The predicted molar refractivity (Wildman–Crippen MR) is 87.6 cm³/mol. The molecular formula is C18H13NOS. The number of benzene rings is 2. The smallest absolute Gasteiger partial charge is 0.200 e. The van der Waals surface area contributed by atoms with Crippen molar-refractivity contribution < 1.29 is 4.79 Å². The van der Waals surface area contributed by atoms with Crippen LogP contribution in [-0.2, 0) is 0 Å². The number of H-pyrrole nitrogens is 1. The summed E-state index contributed by atoms with van der Waals surface area (Å²) in [5.41, 5.74) is 4.20. The first-order valence-corrected chi connectivity index (χ1v) is 7.65. The highest BCUT2D eigenvalue weighted by Crippen LogP contribution is 2.41. The summed E-state index contributed by atoms with van der Waals surface area (Å²) in [5.74, 6) is 0.122. The number of Topliss-reactive ketones (excluding diaryl/α,β-unsaturated/α-hetero) is 1. The van der Waals surface area contributed by atoms with Gasteiger partial charge in [0.2, 0.25) is 5.78 Å². The fourth-order valence-corrected chi connectivity index (χ4v) is 3.70. The number of thioether (sulfide) groups is 1. The van der Waals surface area contributed by atoms with Gasteiger partial charge in [0.05, 0.1) is 4.91 Å². The van der Waals surface area contributed by atoms with Crippen molar-refractivity contribution in [2.45, 2.75) is 11.8 Å². The molecule has 2 nitrogen and oxygen atoms in total. The van der Waals surface area contributed by atoms with Crippen molar-refractivity contribution >= 4 is 34.5 Å².